The lowest BCUT2D eigenvalue weighted by Gasteiger charge is -2.18. The van der Waals surface area contributed by atoms with E-state index < -0.39 is 24.0 Å². The Balaban J connectivity index is 1.60. The maximum atomic E-state index is 12.3. The molecule has 0 spiro atoms. The molecular formula is C22H24N2O5. The van der Waals surface area contributed by atoms with E-state index in [2.05, 4.69) is 27.5 Å². The largest absolute Gasteiger partial charge is 0.468 e. The summed E-state index contributed by atoms with van der Waals surface area (Å²) in [6.45, 7) is 1.67. The average molecular weight is 396 g/mol. The predicted molar refractivity (Wildman–Crippen MR) is 107 cm³/mol. The van der Waals surface area contributed by atoms with Gasteiger partial charge in [0.2, 0.25) is 5.91 Å². The number of methoxy groups -OCH3 is 1. The Morgan fingerprint density at radius 1 is 1.00 bits per heavy atom. The van der Waals surface area contributed by atoms with Crippen LogP contribution in [0.3, 0.4) is 0 Å². The van der Waals surface area contributed by atoms with Gasteiger partial charge in [-0.1, -0.05) is 55.5 Å². The minimum atomic E-state index is -0.796. The third-order valence-electron chi connectivity index (χ3n) is 5.00. The van der Waals surface area contributed by atoms with Crippen LogP contribution in [-0.4, -0.2) is 44.3 Å². The van der Waals surface area contributed by atoms with Gasteiger partial charge in [-0.15, -0.1) is 0 Å². The van der Waals surface area contributed by atoms with Crippen molar-refractivity contribution in [3.63, 3.8) is 0 Å². The normalized spacial score (nSPS) is 13.0. The topological polar surface area (TPSA) is 93.7 Å². The minimum absolute atomic E-state index is 0.0543. The Morgan fingerprint density at radius 3 is 2.14 bits per heavy atom. The smallest absolute Gasteiger partial charge is 0.407 e. The molecule has 2 N–H and O–H groups in total. The van der Waals surface area contributed by atoms with Crippen LogP contribution in [0.5, 0.6) is 0 Å². The molecule has 1 aliphatic rings. The van der Waals surface area contributed by atoms with Crippen molar-refractivity contribution in [3.05, 3.63) is 59.7 Å². The lowest BCUT2D eigenvalue weighted by atomic mass is 9.98. The van der Waals surface area contributed by atoms with E-state index >= 15 is 0 Å². The highest BCUT2D eigenvalue weighted by Gasteiger charge is 2.29. The zero-order valence-corrected chi connectivity index (χ0v) is 16.4. The first-order valence-electron chi connectivity index (χ1n) is 9.51. The van der Waals surface area contributed by atoms with Crippen LogP contribution in [-0.2, 0) is 19.1 Å². The van der Waals surface area contributed by atoms with Gasteiger partial charge in [-0.05, 0) is 28.7 Å². The minimum Gasteiger partial charge on any atom is -0.468 e. The molecule has 7 heteroatoms. The van der Waals surface area contributed by atoms with Crippen LogP contribution in [0, 0.1) is 0 Å². The second-order valence-corrected chi connectivity index (χ2v) is 6.72. The Labute approximate surface area is 169 Å². The van der Waals surface area contributed by atoms with Gasteiger partial charge in [-0.25, -0.2) is 4.79 Å². The van der Waals surface area contributed by atoms with Gasteiger partial charge in [0.05, 0.1) is 7.11 Å². The number of benzene rings is 2. The van der Waals surface area contributed by atoms with E-state index in [0.29, 0.717) is 6.42 Å². The summed E-state index contributed by atoms with van der Waals surface area (Å²) in [5.41, 5.74) is 4.52. The Hall–Kier alpha value is -3.35. The molecule has 1 atom stereocenters. The van der Waals surface area contributed by atoms with Crippen LogP contribution in [0.2, 0.25) is 0 Å². The van der Waals surface area contributed by atoms with E-state index in [1.807, 2.05) is 36.4 Å². The van der Waals surface area contributed by atoms with Crippen LogP contribution < -0.4 is 10.6 Å². The van der Waals surface area contributed by atoms with Gasteiger partial charge in [0, 0.05) is 5.92 Å². The van der Waals surface area contributed by atoms with E-state index in [0.717, 1.165) is 22.3 Å². The molecule has 2 aromatic rings. The average Bonchev–Trinajstić information content (AvgIpc) is 3.07. The van der Waals surface area contributed by atoms with Crippen LogP contribution >= 0.6 is 0 Å². The lowest BCUT2D eigenvalue weighted by Crippen LogP contribution is -2.47. The summed E-state index contributed by atoms with van der Waals surface area (Å²) in [6.07, 6.45) is -0.316. The molecule has 2 amide bonds. The van der Waals surface area contributed by atoms with Gasteiger partial charge in [0.25, 0.3) is 0 Å². The standard InChI is InChI=1S/C22H24N2O5/c1-3-19(21(26)23-12-20(25)28-2)24-22(27)29-13-18-16-10-6-4-8-14(16)15-9-5-7-11-17(15)18/h4-11,18-19H,3,12-13H2,1-2H3,(H,23,26)(H,24,27)/t19-/m1/s1. The summed E-state index contributed by atoms with van der Waals surface area (Å²) in [4.78, 5) is 35.6. The van der Waals surface area contributed by atoms with E-state index in [4.69, 9.17) is 4.74 Å². The first-order chi connectivity index (χ1) is 14.0. The van der Waals surface area contributed by atoms with Crippen molar-refractivity contribution < 1.29 is 23.9 Å². The van der Waals surface area contributed by atoms with E-state index in [1.165, 1.54) is 7.11 Å². The number of esters is 1. The Morgan fingerprint density at radius 2 is 1.59 bits per heavy atom. The highest BCUT2D eigenvalue weighted by molar-refractivity contribution is 5.88. The number of hydrogen-bond donors (Lipinski definition) is 2. The van der Waals surface area contributed by atoms with Crippen LogP contribution in [0.4, 0.5) is 4.79 Å². The summed E-state index contributed by atoms with van der Waals surface area (Å²) in [6, 6.07) is 15.3. The van der Waals surface area contributed by atoms with Crippen molar-refractivity contribution in [2.45, 2.75) is 25.3 Å². The van der Waals surface area contributed by atoms with Gasteiger partial charge in [0.15, 0.2) is 0 Å². The molecule has 0 unspecified atom stereocenters. The fraction of sp³-hybridized carbons (Fsp3) is 0.318. The maximum absolute atomic E-state index is 12.3. The van der Waals surface area contributed by atoms with Crippen molar-refractivity contribution >= 4 is 18.0 Å². The van der Waals surface area contributed by atoms with Crippen molar-refractivity contribution in [2.75, 3.05) is 20.3 Å². The third kappa shape index (κ3) is 4.56. The number of rotatable bonds is 7. The van der Waals surface area contributed by atoms with Crippen molar-refractivity contribution in [2.24, 2.45) is 0 Å². The van der Waals surface area contributed by atoms with Crippen molar-refractivity contribution in [3.8, 4) is 11.1 Å². The molecule has 1 aliphatic carbocycles. The van der Waals surface area contributed by atoms with Gasteiger partial charge < -0.3 is 20.1 Å². The van der Waals surface area contributed by atoms with Crippen LogP contribution in [0.15, 0.2) is 48.5 Å². The number of fused-ring (bicyclic) bond motifs is 3. The Bertz CT molecular complexity index is 866. The summed E-state index contributed by atoms with van der Waals surface area (Å²) < 4.78 is 9.93. The summed E-state index contributed by atoms with van der Waals surface area (Å²) in [5.74, 6) is -1.08. The molecule has 0 heterocycles. The summed E-state index contributed by atoms with van der Waals surface area (Å²) in [7, 11) is 1.24. The molecule has 0 fully saturated rings. The van der Waals surface area contributed by atoms with Crippen LogP contribution in [0.25, 0.3) is 11.1 Å². The molecule has 7 nitrogen and oxygen atoms in total. The summed E-state index contributed by atoms with van der Waals surface area (Å²) in [5, 5.41) is 4.98. The second-order valence-electron chi connectivity index (χ2n) is 6.72. The SMILES string of the molecule is CC[C@@H](NC(=O)OCC1c2ccccc2-c2ccccc21)C(=O)NCC(=O)OC. The van der Waals surface area contributed by atoms with Crippen molar-refractivity contribution in [1.29, 1.82) is 0 Å². The molecule has 29 heavy (non-hydrogen) atoms. The number of carbonyl (C=O) groups excluding carboxylic acids is 3. The fourth-order valence-electron chi connectivity index (χ4n) is 3.49. The number of hydrogen-bond acceptors (Lipinski definition) is 5. The van der Waals surface area contributed by atoms with Gasteiger partial charge in [-0.2, -0.15) is 0 Å². The number of amides is 2. The Kier molecular flexibility index (Phi) is 6.49. The molecule has 0 radical (unpaired) electrons. The second kappa shape index (κ2) is 9.23. The zero-order valence-electron chi connectivity index (χ0n) is 16.4. The van der Waals surface area contributed by atoms with Gasteiger partial charge >= 0.3 is 12.1 Å². The highest BCUT2D eigenvalue weighted by Crippen LogP contribution is 2.44. The first-order valence-corrected chi connectivity index (χ1v) is 9.51. The molecule has 0 aromatic heterocycles. The lowest BCUT2D eigenvalue weighted by molar-refractivity contribution is -0.141. The molecule has 0 aliphatic heterocycles. The molecular weight excluding hydrogens is 372 g/mol. The molecule has 0 bridgehead atoms. The highest BCUT2D eigenvalue weighted by atomic mass is 16.5. The predicted octanol–water partition coefficient (Wildman–Crippen LogP) is 2.59. The van der Waals surface area contributed by atoms with E-state index in [-0.39, 0.29) is 19.1 Å². The molecule has 152 valence electrons. The maximum Gasteiger partial charge on any atom is 0.407 e. The number of nitrogens with one attached hydrogen (secondary N) is 2. The van der Waals surface area contributed by atoms with Gasteiger partial charge in [-0.3, -0.25) is 9.59 Å². The fourth-order valence-corrected chi connectivity index (χ4v) is 3.49. The molecule has 2 aromatic carbocycles. The molecule has 3 rings (SSSR count). The number of carbonyl (C=O) groups is 3. The zero-order chi connectivity index (χ0) is 20.8. The van der Waals surface area contributed by atoms with Crippen LogP contribution in [0.1, 0.15) is 30.4 Å². The monoisotopic (exact) mass is 396 g/mol. The molecule has 0 saturated heterocycles. The third-order valence-corrected chi connectivity index (χ3v) is 5.00. The summed E-state index contributed by atoms with van der Waals surface area (Å²) >= 11 is 0. The van der Waals surface area contributed by atoms with E-state index in [1.54, 1.807) is 6.92 Å². The molecule has 0 saturated carbocycles. The van der Waals surface area contributed by atoms with Gasteiger partial charge in [0.1, 0.15) is 19.2 Å². The quantitative estimate of drug-likeness (QED) is 0.702. The first kappa shape index (κ1) is 20.4. The number of alkyl carbamates (subject to hydrolysis) is 1. The number of ether oxygens (including phenoxy) is 2. The van der Waals surface area contributed by atoms with Crippen molar-refractivity contribution in [1.82, 2.24) is 10.6 Å². The van der Waals surface area contributed by atoms with E-state index in [9.17, 15) is 14.4 Å².